The number of allylic oxidation sites excluding steroid dienone is 1. The summed E-state index contributed by atoms with van der Waals surface area (Å²) in [5.74, 6) is 1.78. The SMILES string of the molecule is N=C/C=C\C(N)=N\COCN1CCN(C(=O)c2ccc(OCCC3CCCCC3)cn2)CC1.[HH]. The average Bonchev–Trinajstić information content (AvgIpc) is 2.86. The molecule has 2 fully saturated rings. The van der Waals surface area contributed by atoms with Gasteiger partial charge in [-0.1, -0.05) is 32.1 Å². The number of aromatic nitrogens is 1. The number of rotatable bonds is 11. The van der Waals surface area contributed by atoms with Gasteiger partial charge in [-0.3, -0.25) is 9.69 Å². The molecule has 1 saturated heterocycles. The Labute approximate surface area is 197 Å². The second-order valence-electron chi connectivity index (χ2n) is 8.50. The fourth-order valence-electron chi connectivity index (χ4n) is 4.14. The summed E-state index contributed by atoms with van der Waals surface area (Å²) < 4.78 is 11.4. The van der Waals surface area contributed by atoms with E-state index in [4.69, 9.17) is 20.6 Å². The van der Waals surface area contributed by atoms with E-state index in [1.54, 1.807) is 18.3 Å². The topological polar surface area (TPSA) is 117 Å². The summed E-state index contributed by atoms with van der Waals surface area (Å²) in [6.45, 7) is 3.99. The lowest BCUT2D eigenvalue weighted by Gasteiger charge is -2.34. The van der Waals surface area contributed by atoms with Crippen LogP contribution in [-0.2, 0) is 4.74 Å². The van der Waals surface area contributed by atoms with Crippen molar-refractivity contribution >= 4 is 18.0 Å². The Kier molecular flexibility index (Phi) is 10.3. The minimum atomic E-state index is -0.0558. The van der Waals surface area contributed by atoms with Gasteiger partial charge in [0.1, 0.15) is 30.7 Å². The molecule has 1 aromatic heterocycles. The molecule has 2 heterocycles. The Morgan fingerprint density at radius 2 is 2.03 bits per heavy atom. The highest BCUT2D eigenvalue weighted by Gasteiger charge is 2.23. The number of aliphatic imine (C=N–C) groups is 1. The molecule has 1 amide bonds. The second kappa shape index (κ2) is 13.7. The quantitative estimate of drug-likeness (QED) is 0.299. The fraction of sp³-hybridized carbons (Fsp3) is 0.583. The predicted octanol–water partition coefficient (Wildman–Crippen LogP) is 2.93. The van der Waals surface area contributed by atoms with E-state index in [0.29, 0.717) is 38.0 Å². The van der Waals surface area contributed by atoms with Crippen LogP contribution >= 0.6 is 0 Å². The fourth-order valence-corrected chi connectivity index (χ4v) is 4.14. The molecule has 3 rings (SSSR count). The number of carbonyl (C=O) groups excluding carboxylic acids is 1. The maximum absolute atomic E-state index is 12.8. The predicted molar refractivity (Wildman–Crippen MR) is 131 cm³/mol. The van der Waals surface area contributed by atoms with Gasteiger partial charge in [-0.2, -0.15) is 0 Å². The van der Waals surface area contributed by atoms with Crippen molar-refractivity contribution in [3.8, 4) is 5.75 Å². The van der Waals surface area contributed by atoms with Crippen molar-refractivity contribution < 1.29 is 15.7 Å². The number of ether oxygens (including phenoxy) is 2. The van der Waals surface area contributed by atoms with Crippen LogP contribution in [0.25, 0.3) is 0 Å². The summed E-state index contributed by atoms with van der Waals surface area (Å²) in [5.41, 5.74) is 6.10. The van der Waals surface area contributed by atoms with Crippen LogP contribution < -0.4 is 10.5 Å². The Balaban J connectivity index is 0.00000408. The van der Waals surface area contributed by atoms with Gasteiger partial charge in [-0.25, -0.2) is 9.98 Å². The minimum absolute atomic E-state index is 0. The third kappa shape index (κ3) is 8.58. The lowest BCUT2D eigenvalue weighted by Crippen LogP contribution is -2.49. The van der Waals surface area contributed by atoms with Crippen molar-refractivity contribution in [3.63, 3.8) is 0 Å². The minimum Gasteiger partial charge on any atom is -0.492 e. The molecule has 1 aromatic rings. The summed E-state index contributed by atoms with van der Waals surface area (Å²) in [7, 11) is 0. The van der Waals surface area contributed by atoms with Crippen molar-refractivity contribution in [2.75, 3.05) is 46.2 Å². The van der Waals surface area contributed by atoms with Crippen LogP contribution in [0.15, 0.2) is 35.5 Å². The lowest BCUT2D eigenvalue weighted by molar-refractivity contribution is 0.00608. The average molecular weight is 459 g/mol. The lowest BCUT2D eigenvalue weighted by atomic mass is 9.87. The molecule has 0 aromatic carbocycles. The molecule has 9 nitrogen and oxygen atoms in total. The number of carbonyl (C=O) groups is 1. The molecule has 0 atom stereocenters. The van der Waals surface area contributed by atoms with Gasteiger partial charge in [-0.15, -0.1) is 0 Å². The van der Waals surface area contributed by atoms with E-state index in [0.717, 1.165) is 37.4 Å². The van der Waals surface area contributed by atoms with Gasteiger partial charge < -0.3 is 25.5 Å². The zero-order chi connectivity index (χ0) is 23.3. The van der Waals surface area contributed by atoms with Crippen molar-refractivity contribution in [3.05, 3.63) is 36.2 Å². The second-order valence-corrected chi connectivity index (χ2v) is 8.50. The first-order valence-electron chi connectivity index (χ1n) is 11.8. The molecule has 0 spiro atoms. The number of nitrogens with one attached hydrogen (secondary N) is 1. The van der Waals surface area contributed by atoms with Gasteiger partial charge in [0.05, 0.1) is 12.8 Å². The maximum atomic E-state index is 12.8. The first-order valence-corrected chi connectivity index (χ1v) is 11.8. The van der Waals surface area contributed by atoms with Gasteiger partial charge >= 0.3 is 0 Å². The van der Waals surface area contributed by atoms with Crippen molar-refractivity contribution in [2.45, 2.75) is 38.5 Å². The van der Waals surface area contributed by atoms with E-state index < -0.39 is 0 Å². The molecule has 182 valence electrons. The monoisotopic (exact) mass is 458 g/mol. The van der Waals surface area contributed by atoms with E-state index in [1.165, 1.54) is 38.2 Å². The van der Waals surface area contributed by atoms with Crippen LogP contribution in [-0.4, -0.2) is 79.0 Å². The summed E-state index contributed by atoms with van der Waals surface area (Å²) in [5, 5.41) is 6.91. The number of hydrogen-bond donors (Lipinski definition) is 2. The van der Waals surface area contributed by atoms with Crippen LogP contribution in [0.2, 0.25) is 0 Å². The summed E-state index contributed by atoms with van der Waals surface area (Å²) >= 11 is 0. The molecular weight excluding hydrogens is 420 g/mol. The largest absolute Gasteiger partial charge is 0.492 e. The van der Waals surface area contributed by atoms with Crippen molar-refractivity contribution in [1.82, 2.24) is 14.8 Å². The Morgan fingerprint density at radius 3 is 2.73 bits per heavy atom. The van der Waals surface area contributed by atoms with E-state index in [-0.39, 0.29) is 14.1 Å². The number of nitrogens with two attached hydrogens (primary N) is 1. The Bertz CT molecular complexity index is 803. The van der Waals surface area contributed by atoms with Crippen LogP contribution in [0.1, 0.15) is 50.4 Å². The summed E-state index contributed by atoms with van der Waals surface area (Å²) in [6, 6.07) is 3.60. The first kappa shape index (κ1) is 24.9. The molecule has 0 bridgehead atoms. The van der Waals surface area contributed by atoms with Crippen molar-refractivity contribution in [1.29, 1.82) is 5.41 Å². The molecule has 0 unspecified atom stereocenters. The number of amidine groups is 1. The molecule has 9 heteroatoms. The zero-order valence-electron chi connectivity index (χ0n) is 19.3. The van der Waals surface area contributed by atoms with Crippen molar-refractivity contribution in [2.24, 2.45) is 16.6 Å². The zero-order valence-corrected chi connectivity index (χ0v) is 19.3. The van der Waals surface area contributed by atoms with Gasteiger partial charge in [0, 0.05) is 33.8 Å². The highest BCUT2D eigenvalue weighted by Crippen LogP contribution is 2.26. The molecule has 1 saturated carbocycles. The highest BCUT2D eigenvalue weighted by atomic mass is 16.5. The van der Waals surface area contributed by atoms with Crippen LogP contribution in [0.4, 0.5) is 0 Å². The van der Waals surface area contributed by atoms with Gasteiger partial charge in [-0.05, 0) is 36.6 Å². The van der Waals surface area contributed by atoms with E-state index in [2.05, 4.69) is 14.9 Å². The van der Waals surface area contributed by atoms with Crippen LogP contribution in [0.3, 0.4) is 0 Å². The van der Waals surface area contributed by atoms with Gasteiger partial charge in [0.25, 0.3) is 5.91 Å². The number of pyridine rings is 1. The molecule has 3 N–H and O–H groups in total. The Morgan fingerprint density at radius 1 is 1.24 bits per heavy atom. The molecular formula is C24H38N6O3. The number of piperazine rings is 1. The van der Waals surface area contributed by atoms with Gasteiger partial charge in [0.2, 0.25) is 0 Å². The van der Waals surface area contributed by atoms with E-state index >= 15 is 0 Å². The van der Waals surface area contributed by atoms with Gasteiger partial charge in [0.15, 0.2) is 0 Å². The normalized spacial score (nSPS) is 18.5. The standard InChI is InChI=1S/C24H36N6O3.H2/c25-11-4-7-23(26)28-18-32-19-29-12-14-30(15-13-29)24(31)22-9-8-21(17-27-22)33-16-10-20-5-2-1-3-6-20;/h4,7-9,11,17,20,25H,1-3,5-6,10,12-16,18-19H2,(H2,26,28);1H/b7-4-,25-11?;. The molecule has 0 radical (unpaired) electrons. The third-order valence-corrected chi connectivity index (χ3v) is 6.11. The molecule has 33 heavy (non-hydrogen) atoms. The van der Waals surface area contributed by atoms with E-state index in [9.17, 15) is 4.79 Å². The molecule has 1 aliphatic carbocycles. The Hall–Kier alpha value is -2.78. The maximum Gasteiger partial charge on any atom is 0.272 e. The summed E-state index contributed by atoms with van der Waals surface area (Å²) in [6.07, 6.45) is 13.6. The number of hydrogen-bond acceptors (Lipinski definition) is 7. The van der Waals surface area contributed by atoms with Crippen LogP contribution in [0, 0.1) is 11.3 Å². The highest BCUT2D eigenvalue weighted by molar-refractivity contribution is 5.94. The summed E-state index contributed by atoms with van der Waals surface area (Å²) in [4.78, 5) is 25.1. The third-order valence-electron chi connectivity index (χ3n) is 6.11. The number of amides is 1. The first-order chi connectivity index (χ1) is 16.2. The molecule has 1 aliphatic heterocycles. The smallest absolute Gasteiger partial charge is 0.272 e. The van der Waals surface area contributed by atoms with E-state index in [1.807, 2.05) is 11.0 Å². The van der Waals surface area contributed by atoms with Crippen LogP contribution in [0.5, 0.6) is 5.75 Å². The molecule has 2 aliphatic rings. The number of nitrogens with zero attached hydrogens (tertiary/aromatic N) is 4.